The fourth-order valence-electron chi connectivity index (χ4n) is 4.64. The van der Waals surface area contributed by atoms with Crippen LogP contribution in [0.2, 0.25) is 5.02 Å². The van der Waals surface area contributed by atoms with Gasteiger partial charge < -0.3 is 0 Å². The molecule has 21 heavy (non-hydrogen) atoms. The van der Waals surface area contributed by atoms with Crippen molar-refractivity contribution in [2.24, 2.45) is 17.8 Å². The number of hydrogen-bond donors (Lipinski definition) is 0. The first-order chi connectivity index (χ1) is 10.3. The largest absolute Gasteiger partial charge is 0.103 e. The van der Waals surface area contributed by atoms with Gasteiger partial charge in [0.05, 0.1) is 0 Å². The minimum absolute atomic E-state index is 0.772. The van der Waals surface area contributed by atoms with Crippen LogP contribution in [0.3, 0.4) is 0 Å². The molecule has 0 spiro atoms. The summed E-state index contributed by atoms with van der Waals surface area (Å²) in [5, 5.41) is 0.857. The van der Waals surface area contributed by atoms with E-state index in [0.717, 1.165) is 28.7 Å². The van der Waals surface area contributed by atoms with Crippen LogP contribution in [-0.2, 0) is 0 Å². The fraction of sp³-hybridized carbons (Fsp3) is 0.600. The van der Waals surface area contributed by atoms with Gasteiger partial charge in [-0.2, -0.15) is 0 Å². The summed E-state index contributed by atoms with van der Waals surface area (Å²) in [7, 11) is 0. The molecule has 2 aliphatic carbocycles. The van der Waals surface area contributed by atoms with Crippen LogP contribution < -0.4 is 0 Å². The van der Waals surface area contributed by atoms with Crippen molar-refractivity contribution in [1.82, 2.24) is 0 Å². The van der Waals surface area contributed by atoms with E-state index in [2.05, 4.69) is 36.9 Å². The molecule has 0 N–H and O–H groups in total. The molecule has 0 aromatic heterocycles. The van der Waals surface area contributed by atoms with E-state index in [1.54, 1.807) is 0 Å². The van der Waals surface area contributed by atoms with Crippen molar-refractivity contribution in [3.63, 3.8) is 0 Å². The fourth-order valence-corrected chi connectivity index (χ4v) is 4.77. The SMILES string of the molecule is C=CCC[C@@H]1CC[C@@H]2CC(c3ccc(Cl)cc3)CC[C@@H]2C1. The summed E-state index contributed by atoms with van der Waals surface area (Å²) < 4.78 is 0. The third-order valence-corrected chi connectivity index (χ3v) is 6.09. The Balaban J connectivity index is 1.57. The lowest BCUT2D eigenvalue weighted by Crippen LogP contribution is -2.30. The van der Waals surface area contributed by atoms with E-state index in [1.807, 2.05) is 0 Å². The maximum absolute atomic E-state index is 6.01. The summed E-state index contributed by atoms with van der Waals surface area (Å²) in [5.41, 5.74) is 1.51. The summed E-state index contributed by atoms with van der Waals surface area (Å²) in [6.07, 6.45) is 13.2. The second-order valence-corrected chi connectivity index (χ2v) is 7.56. The van der Waals surface area contributed by atoms with Crippen molar-refractivity contribution in [2.45, 2.75) is 57.3 Å². The molecule has 0 saturated heterocycles. The molecule has 2 fully saturated rings. The van der Waals surface area contributed by atoms with Crippen LogP contribution in [0, 0.1) is 17.8 Å². The van der Waals surface area contributed by atoms with Gasteiger partial charge in [0.15, 0.2) is 0 Å². The van der Waals surface area contributed by atoms with Crippen LogP contribution in [-0.4, -0.2) is 0 Å². The Kier molecular flexibility index (Phi) is 5.06. The molecule has 114 valence electrons. The number of benzene rings is 1. The lowest BCUT2D eigenvalue weighted by Gasteiger charge is -2.42. The third kappa shape index (κ3) is 3.72. The van der Waals surface area contributed by atoms with Crippen molar-refractivity contribution < 1.29 is 0 Å². The molecule has 3 rings (SSSR count). The quantitative estimate of drug-likeness (QED) is 0.549. The Morgan fingerprint density at radius 3 is 2.48 bits per heavy atom. The molecule has 4 atom stereocenters. The number of hydrogen-bond acceptors (Lipinski definition) is 0. The summed E-state index contributed by atoms with van der Waals surface area (Å²) >= 11 is 6.01. The van der Waals surface area contributed by atoms with Gasteiger partial charge in [-0.05, 0) is 86.3 Å². The van der Waals surface area contributed by atoms with E-state index < -0.39 is 0 Å². The number of allylic oxidation sites excluding steroid dienone is 1. The number of fused-ring (bicyclic) bond motifs is 1. The Morgan fingerprint density at radius 2 is 1.71 bits per heavy atom. The third-order valence-electron chi connectivity index (χ3n) is 5.84. The van der Waals surface area contributed by atoms with Gasteiger partial charge in [-0.25, -0.2) is 0 Å². The average Bonchev–Trinajstić information content (AvgIpc) is 2.53. The second-order valence-electron chi connectivity index (χ2n) is 7.13. The highest BCUT2D eigenvalue weighted by molar-refractivity contribution is 6.30. The van der Waals surface area contributed by atoms with Gasteiger partial charge >= 0.3 is 0 Å². The van der Waals surface area contributed by atoms with Gasteiger partial charge in [0.1, 0.15) is 0 Å². The highest BCUT2D eigenvalue weighted by Gasteiger charge is 2.35. The molecule has 0 bridgehead atoms. The maximum Gasteiger partial charge on any atom is 0.0406 e. The van der Waals surface area contributed by atoms with Gasteiger partial charge in [0, 0.05) is 5.02 Å². The molecule has 0 amide bonds. The smallest absolute Gasteiger partial charge is 0.0406 e. The molecule has 1 aromatic rings. The predicted molar refractivity (Wildman–Crippen MR) is 91.8 cm³/mol. The average molecular weight is 303 g/mol. The summed E-state index contributed by atoms with van der Waals surface area (Å²) in [5.74, 6) is 3.71. The number of rotatable bonds is 4. The molecule has 1 aromatic carbocycles. The van der Waals surface area contributed by atoms with Gasteiger partial charge in [-0.1, -0.05) is 36.2 Å². The molecular formula is C20H27Cl. The molecule has 0 aliphatic heterocycles. The molecule has 2 saturated carbocycles. The highest BCUT2D eigenvalue weighted by atomic mass is 35.5. The number of halogens is 1. The topological polar surface area (TPSA) is 0 Å². The van der Waals surface area contributed by atoms with Gasteiger partial charge in [0.25, 0.3) is 0 Å². The van der Waals surface area contributed by atoms with Crippen molar-refractivity contribution in [3.8, 4) is 0 Å². The zero-order valence-electron chi connectivity index (χ0n) is 12.9. The van der Waals surface area contributed by atoms with Gasteiger partial charge in [-0.3, -0.25) is 0 Å². The molecular weight excluding hydrogens is 276 g/mol. The minimum atomic E-state index is 0.772. The Labute approximate surface area is 134 Å². The van der Waals surface area contributed by atoms with Gasteiger partial charge in [-0.15, -0.1) is 6.58 Å². The maximum atomic E-state index is 6.01. The first-order valence-corrected chi connectivity index (χ1v) is 9.00. The lowest BCUT2D eigenvalue weighted by molar-refractivity contribution is 0.115. The second kappa shape index (κ2) is 7.01. The summed E-state index contributed by atoms with van der Waals surface area (Å²) in [6, 6.07) is 8.58. The first-order valence-electron chi connectivity index (χ1n) is 8.62. The Morgan fingerprint density at radius 1 is 1.00 bits per heavy atom. The van der Waals surface area contributed by atoms with Crippen molar-refractivity contribution in [3.05, 3.63) is 47.5 Å². The monoisotopic (exact) mass is 302 g/mol. The van der Waals surface area contributed by atoms with E-state index >= 15 is 0 Å². The van der Waals surface area contributed by atoms with Crippen LogP contribution in [0.15, 0.2) is 36.9 Å². The van der Waals surface area contributed by atoms with Crippen LogP contribution in [0.1, 0.15) is 62.8 Å². The predicted octanol–water partition coefficient (Wildman–Crippen LogP) is 6.61. The van der Waals surface area contributed by atoms with E-state index in [9.17, 15) is 0 Å². The highest BCUT2D eigenvalue weighted by Crippen LogP contribution is 2.48. The van der Waals surface area contributed by atoms with Crippen molar-refractivity contribution in [2.75, 3.05) is 0 Å². The van der Waals surface area contributed by atoms with Crippen LogP contribution in [0.4, 0.5) is 0 Å². The van der Waals surface area contributed by atoms with Crippen LogP contribution >= 0.6 is 11.6 Å². The Hall–Kier alpha value is -0.750. The van der Waals surface area contributed by atoms with Crippen LogP contribution in [0.5, 0.6) is 0 Å². The van der Waals surface area contributed by atoms with Crippen molar-refractivity contribution >= 4 is 11.6 Å². The first kappa shape index (κ1) is 15.2. The minimum Gasteiger partial charge on any atom is -0.103 e. The lowest BCUT2D eigenvalue weighted by atomic mass is 9.63. The zero-order chi connectivity index (χ0) is 14.7. The van der Waals surface area contributed by atoms with E-state index in [-0.39, 0.29) is 0 Å². The molecule has 2 aliphatic rings. The zero-order valence-corrected chi connectivity index (χ0v) is 13.7. The normalized spacial score (nSPS) is 32.4. The van der Waals surface area contributed by atoms with Gasteiger partial charge in [0.2, 0.25) is 0 Å². The van der Waals surface area contributed by atoms with E-state index in [4.69, 9.17) is 11.6 Å². The molecule has 0 nitrogen and oxygen atoms in total. The molecule has 1 heteroatoms. The van der Waals surface area contributed by atoms with Crippen molar-refractivity contribution in [1.29, 1.82) is 0 Å². The summed E-state index contributed by atoms with van der Waals surface area (Å²) in [4.78, 5) is 0. The van der Waals surface area contributed by atoms with E-state index in [0.29, 0.717) is 0 Å². The Bertz CT molecular complexity index is 461. The molecule has 0 radical (unpaired) electrons. The van der Waals surface area contributed by atoms with E-state index in [1.165, 1.54) is 56.9 Å². The van der Waals surface area contributed by atoms with Crippen LogP contribution in [0.25, 0.3) is 0 Å². The molecule has 0 heterocycles. The molecule has 1 unspecified atom stereocenters. The standard InChI is InChI=1S/C20H27Cl/c1-2-3-4-15-5-6-19-14-18(8-7-17(19)13-15)16-9-11-20(21)12-10-16/h2,9-12,15,17-19H,1,3-8,13-14H2/t15-,17-,18?,19-/m1/s1. The summed E-state index contributed by atoms with van der Waals surface area (Å²) in [6.45, 7) is 3.87.